The van der Waals surface area contributed by atoms with Crippen LogP contribution < -0.4 is 0 Å². The Kier molecular flexibility index (Phi) is 7.68. The van der Waals surface area contributed by atoms with Gasteiger partial charge in [0.1, 0.15) is 0 Å². The van der Waals surface area contributed by atoms with E-state index in [1.165, 1.54) is 57.8 Å². The molecule has 0 bridgehead atoms. The maximum atomic E-state index is 4.06. The lowest BCUT2D eigenvalue weighted by molar-refractivity contribution is 0.232. The van der Waals surface area contributed by atoms with Gasteiger partial charge in [-0.25, -0.2) is 0 Å². The second kappa shape index (κ2) is 9.05. The molecule has 110 valence electrons. The number of H-pyrrole nitrogens is 1. The van der Waals surface area contributed by atoms with E-state index in [9.17, 15) is 0 Å². The first-order valence-corrected chi connectivity index (χ1v) is 7.92. The van der Waals surface area contributed by atoms with Crippen molar-refractivity contribution in [3.05, 3.63) is 5.82 Å². The fourth-order valence-electron chi connectivity index (χ4n) is 2.66. The molecule has 4 nitrogen and oxygen atoms in total. The number of hydrogen-bond acceptors (Lipinski definition) is 3. The molecule has 0 radical (unpaired) electrons. The molecule has 1 N–H and O–H groups in total. The van der Waals surface area contributed by atoms with Crippen molar-refractivity contribution in [2.75, 3.05) is 0 Å². The molecule has 0 aliphatic carbocycles. The summed E-state index contributed by atoms with van der Waals surface area (Å²) in [6, 6.07) is 0. The minimum Gasteiger partial charge on any atom is -0.177 e. The minimum atomic E-state index is 0.449. The van der Waals surface area contributed by atoms with Gasteiger partial charge in [0.15, 0.2) is 5.82 Å². The Morgan fingerprint density at radius 2 is 1.68 bits per heavy atom. The number of tetrazole rings is 1. The van der Waals surface area contributed by atoms with Crippen LogP contribution in [0.5, 0.6) is 0 Å². The van der Waals surface area contributed by atoms with Crippen LogP contribution in [0.15, 0.2) is 0 Å². The van der Waals surface area contributed by atoms with Crippen molar-refractivity contribution in [2.45, 2.75) is 85.0 Å². The van der Waals surface area contributed by atoms with Crippen molar-refractivity contribution in [2.24, 2.45) is 5.41 Å². The van der Waals surface area contributed by atoms with E-state index in [1.54, 1.807) is 0 Å². The molecule has 1 rings (SSSR count). The number of nitrogens with one attached hydrogen (secondary N) is 1. The van der Waals surface area contributed by atoms with E-state index in [0.29, 0.717) is 5.41 Å². The second-order valence-corrected chi connectivity index (χ2v) is 6.05. The SMILES string of the molecule is CCCCCCC(C)(CCCC)CCc1nn[nH]n1. The van der Waals surface area contributed by atoms with E-state index < -0.39 is 0 Å². The standard InChI is InChI=1S/C15H30N4/c1-4-6-8-9-12-15(3,11-7-5-2)13-10-14-16-18-19-17-14/h4-13H2,1-3H3,(H,16,17,18,19). The molecule has 0 spiro atoms. The van der Waals surface area contributed by atoms with Crippen LogP contribution in [0, 0.1) is 5.41 Å². The summed E-state index contributed by atoms with van der Waals surface area (Å²) in [4.78, 5) is 0. The zero-order valence-electron chi connectivity index (χ0n) is 12.9. The molecule has 0 aliphatic heterocycles. The summed E-state index contributed by atoms with van der Waals surface area (Å²) < 4.78 is 0. The van der Waals surface area contributed by atoms with Crippen molar-refractivity contribution >= 4 is 0 Å². The molecule has 0 fully saturated rings. The molecule has 1 atom stereocenters. The van der Waals surface area contributed by atoms with E-state index in [-0.39, 0.29) is 0 Å². The summed E-state index contributed by atoms with van der Waals surface area (Å²) in [5.41, 5.74) is 0.449. The highest BCUT2D eigenvalue weighted by Gasteiger charge is 2.23. The lowest BCUT2D eigenvalue weighted by atomic mass is 9.76. The van der Waals surface area contributed by atoms with E-state index in [1.807, 2.05) is 0 Å². The minimum absolute atomic E-state index is 0.449. The molecule has 0 saturated heterocycles. The number of rotatable bonds is 11. The maximum Gasteiger partial charge on any atom is 0.174 e. The maximum absolute atomic E-state index is 4.06. The third-order valence-electron chi connectivity index (χ3n) is 4.11. The summed E-state index contributed by atoms with van der Waals surface area (Å²) in [7, 11) is 0. The lowest BCUT2D eigenvalue weighted by Gasteiger charge is -2.29. The second-order valence-electron chi connectivity index (χ2n) is 6.05. The Bertz CT molecular complexity index is 310. The van der Waals surface area contributed by atoms with Crippen LogP contribution in [-0.4, -0.2) is 20.6 Å². The fraction of sp³-hybridized carbons (Fsp3) is 0.933. The van der Waals surface area contributed by atoms with Crippen LogP contribution in [0.4, 0.5) is 0 Å². The quantitative estimate of drug-likeness (QED) is 0.607. The van der Waals surface area contributed by atoms with Gasteiger partial charge in [-0.2, -0.15) is 5.21 Å². The number of aryl methyl sites for hydroxylation is 1. The molecule has 4 heteroatoms. The van der Waals surface area contributed by atoms with Gasteiger partial charge >= 0.3 is 0 Å². The number of nitrogens with zero attached hydrogens (tertiary/aromatic N) is 3. The molecule has 0 aromatic carbocycles. The van der Waals surface area contributed by atoms with Gasteiger partial charge in [-0.3, -0.25) is 0 Å². The van der Waals surface area contributed by atoms with E-state index in [0.717, 1.165) is 12.2 Å². The fourth-order valence-corrected chi connectivity index (χ4v) is 2.66. The highest BCUT2D eigenvalue weighted by atomic mass is 15.5. The first-order chi connectivity index (χ1) is 9.20. The van der Waals surface area contributed by atoms with Crippen molar-refractivity contribution in [1.29, 1.82) is 0 Å². The monoisotopic (exact) mass is 266 g/mol. The number of unbranched alkanes of at least 4 members (excludes halogenated alkanes) is 4. The Morgan fingerprint density at radius 1 is 0.947 bits per heavy atom. The van der Waals surface area contributed by atoms with Gasteiger partial charge in [-0.05, 0) is 24.7 Å². The van der Waals surface area contributed by atoms with Crippen LogP contribution in [0.2, 0.25) is 0 Å². The lowest BCUT2D eigenvalue weighted by Crippen LogP contribution is -2.18. The first kappa shape index (κ1) is 16.1. The molecule has 0 aliphatic rings. The Balaban J connectivity index is 2.38. The Morgan fingerprint density at radius 3 is 2.32 bits per heavy atom. The molecular formula is C15H30N4. The molecule has 1 aromatic rings. The summed E-state index contributed by atoms with van der Waals surface area (Å²) in [6.45, 7) is 6.98. The van der Waals surface area contributed by atoms with Gasteiger partial charge in [-0.1, -0.05) is 64.5 Å². The molecule has 19 heavy (non-hydrogen) atoms. The van der Waals surface area contributed by atoms with Gasteiger partial charge in [0.2, 0.25) is 0 Å². The highest BCUT2D eigenvalue weighted by molar-refractivity contribution is 4.83. The van der Waals surface area contributed by atoms with Crippen LogP contribution in [0.1, 0.15) is 84.4 Å². The molecule has 1 heterocycles. The van der Waals surface area contributed by atoms with E-state index in [4.69, 9.17) is 0 Å². The van der Waals surface area contributed by atoms with Crippen molar-refractivity contribution in [1.82, 2.24) is 20.6 Å². The van der Waals surface area contributed by atoms with Crippen LogP contribution in [0.3, 0.4) is 0 Å². The normalized spacial score (nSPS) is 14.5. The number of aromatic amines is 1. The van der Waals surface area contributed by atoms with E-state index >= 15 is 0 Å². The zero-order chi connectivity index (χ0) is 14.0. The molecule has 0 amide bonds. The predicted octanol–water partition coefficient (Wildman–Crippen LogP) is 4.30. The Labute approximate surface area is 117 Å². The summed E-state index contributed by atoms with van der Waals surface area (Å²) >= 11 is 0. The van der Waals surface area contributed by atoms with Gasteiger partial charge < -0.3 is 0 Å². The average Bonchev–Trinajstić information content (AvgIpc) is 2.93. The Hall–Kier alpha value is -0.930. The smallest absolute Gasteiger partial charge is 0.174 e. The number of hydrogen-bond donors (Lipinski definition) is 1. The van der Waals surface area contributed by atoms with Crippen molar-refractivity contribution in [3.8, 4) is 0 Å². The summed E-state index contributed by atoms with van der Waals surface area (Å²) in [5.74, 6) is 0.858. The van der Waals surface area contributed by atoms with Gasteiger partial charge in [0.25, 0.3) is 0 Å². The number of aromatic nitrogens is 4. The topological polar surface area (TPSA) is 54.5 Å². The largest absolute Gasteiger partial charge is 0.177 e. The van der Waals surface area contributed by atoms with Crippen LogP contribution >= 0.6 is 0 Å². The molecule has 1 unspecified atom stereocenters. The molecular weight excluding hydrogens is 236 g/mol. The summed E-state index contributed by atoms with van der Waals surface area (Å²) in [6.07, 6.45) is 12.8. The van der Waals surface area contributed by atoms with Gasteiger partial charge in [-0.15, -0.1) is 10.2 Å². The van der Waals surface area contributed by atoms with Crippen molar-refractivity contribution in [3.63, 3.8) is 0 Å². The van der Waals surface area contributed by atoms with Crippen LogP contribution in [0.25, 0.3) is 0 Å². The predicted molar refractivity (Wildman–Crippen MR) is 78.9 cm³/mol. The third kappa shape index (κ3) is 6.69. The van der Waals surface area contributed by atoms with E-state index in [2.05, 4.69) is 41.4 Å². The first-order valence-electron chi connectivity index (χ1n) is 7.92. The highest BCUT2D eigenvalue weighted by Crippen LogP contribution is 2.35. The third-order valence-corrected chi connectivity index (χ3v) is 4.11. The van der Waals surface area contributed by atoms with Crippen LogP contribution in [-0.2, 0) is 6.42 Å². The van der Waals surface area contributed by atoms with Gasteiger partial charge in [0, 0.05) is 6.42 Å². The summed E-state index contributed by atoms with van der Waals surface area (Å²) in [5, 5.41) is 14.3. The van der Waals surface area contributed by atoms with Crippen molar-refractivity contribution < 1.29 is 0 Å². The van der Waals surface area contributed by atoms with Gasteiger partial charge in [0.05, 0.1) is 0 Å². The average molecular weight is 266 g/mol. The zero-order valence-corrected chi connectivity index (χ0v) is 12.9. The molecule has 0 saturated carbocycles. The molecule has 1 aromatic heterocycles.